The van der Waals surface area contributed by atoms with Crippen LogP contribution in [0.25, 0.3) is 0 Å². The molecule has 1 aromatic heterocycles. The molecule has 1 aliphatic heterocycles. The molecule has 122 valence electrons. The Morgan fingerprint density at radius 1 is 1.59 bits per heavy atom. The number of likely N-dealkylation sites (N-methyl/N-ethyl adjacent to an activating group) is 1. The van der Waals surface area contributed by atoms with Crippen molar-refractivity contribution in [3.63, 3.8) is 0 Å². The van der Waals surface area contributed by atoms with E-state index in [-0.39, 0.29) is 18.6 Å². The molecule has 2 fully saturated rings. The number of amides is 1. The van der Waals surface area contributed by atoms with Gasteiger partial charge in [0.2, 0.25) is 5.91 Å². The highest BCUT2D eigenvalue weighted by molar-refractivity contribution is 7.11. The second kappa shape index (κ2) is 7.04. The lowest BCUT2D eigenvalue weighted by atomic mass is 10.2. The molecule has 1 atom stereocenters. The number of hydrogen-bond acceptors (Lipinski definition) is 6. The summed E-state index contributed by atoms with van der Waals surface area (Å²) in [6.07, 6.45) is 4.77. The smallest absolute Gasteiger partial charge is 0.231 e. The normalized spacial score (nSPS) is 23.1. The summed E-state index contributed by atoms with van der Waals surface area (Å²) in [6, 6.07) is 0. The molecule has 7 heteroatoms. The highest BCUT2D eigenvalue weighted by Crippen LogP contribution is 2.41. The van der Waals surface area contributed by atoms with E-state index < -0.39 is 0 Å². The van der Waals surface area contributed by atoms with Gasteiger partial charge in [-0.2, -0.15) is 0 Å². The monoisotopic (exact) mass is 324 g/mol. The first-order valence-electron chi connectivity index (χ1n) is 7.85. The Morgan fingerprint density at radius 2 is 2.41 bits per heavy atom. The Labute approximate surface area is 135 Å². The van der Waals surface area contributed by atoms with Crippen LogP contribution in [0.2, 0.25) is 0 Å². The van der Waals surface area contributed by atoms with Crippen LogP contribution in [0.5, 0.6) is 0 Å². The molecule has 2 heterocycles. The van der Waals surface area contributed by atoms with Crippen molar-refractivity contribution in [2.75, 3.05) is 39.8 Å². The number of hydrogen-bond donors (Lipinski definition) is 1. The lowest BCUT2D eigenvalue weighted by Crippen LogP contribution is -2.47. The number of nitrogens with two attached hydrogens (primary N) is 1. The average Bonchev–Trinajstić information content (AvgIpc) is 3.19. The zero-order valence-electron chi connectivity index (χ0n) is 13.0. The second-order valence-electron chi connectivity index (χ2n) is 6.33. The molecule has 0 bridgehead atoms. The van der Waals surface area contributed by atoms with Gasteiger partial charge in [-0.25, -0.2) is 4.98 Å². The van der Waals surface area contributed by atoms with Crippen molar-refractivity contribution in [3.8, 4) is 0 Å². The van der Waals surface area contributed by atoms with E-state index in [0.717, 1.165) is 38.7 Å². The van der Waals surface area contributed by atoms with E-state index >= 15 is 0 Å². The maximum atomic E-state index is 10.9. The van der Waals surface area contributed by atoms with Crippen molar-refractivity contribution < 1.29 is 9.53 Å². The molecule has 1 aliphatic carbocycles. The number of thiazole rings is 1. The first-order chi connectivity index (χ1) is 10.6. The molecular formula is C15H24N4O2S. The summed E-state index contributed by atoms with van der Waals surface area (Å²) in [4.78, 5) is 21.2. The Balaban J connectivity index is 1.48. The van der Waals surface area contributed by atoms with E-state index in [1.165, 1.54) is 22.7 Å². The molecule has 1 unspecified atom stereocenters. The van der Waals surface area contributed by atoms with E-state index in [1.54, 1.807) is 0 Å². The van der Waals surface area contributed by atoms with Gasteiger partial charge in [0, 0.05) is 43.2 Å². The number of primary amides is 1. The van der Waals surface area contributed by atoms with Crippen molar-refractivity contribution in [1.82, 2.24) is 14.8 Å². The Morgan fingerprint density at radius 3 is 3.14 bits per heavy atom. The highest BCUT2D eigenvalue weighted by atomic mass is 32.1. The van der Waals surface area contributed by atoms with Gasteiger partial charge >= 0.3 is 0 Å². The zero-order valence-corrected chi connectivity index (χ0v) is 13.8. The minimum atomic E-state index is -0.299. The summed E-state index contributed by atoms with van der Waals surface area (Å²) in [6.45, 7) is 4.54. The summed E-state index contributed by atoms with van der Waals surface area (Å²) < 4.78 is 5.80. The fourth-order valence-electron chi connectivity index (χ4n) is 2.85. The second-order valence-corrected chi connectivity index (χ2v) is 7.48. The SMILES string of the molecule is CN(CC(N)=O)CC1CN(Cc2cnc(C3CC3)s2)CCO1. The Bertz CT molecular complexity index is 517. The standard InChI is InChI=1S/C15H24N4O2S/c1-18(10-14(16)20)7-12-8-19(4-5-21-12)9-13-6-17-15(22-13)11-2-3-11/h6,11-12H,2-5,7-10H2,1H3,(H2,16,20). The lowest BCUT2D eigenvalue weighted by molar-refractivity contribution is -0.119. The van der Waals surface area contributed by atoms with E-state index in [0.29, 0.717) is 0 Å². The molecule has 1 saturated heterocycles. The predicted molar refractivity (Wildman–Crippen MR) is 85.8 cm³/mol. The molecule has 3 rings (SSSR count). The van der Waals surface area contributed by atoms with Crippen LogP contribution in [0.4, 0.5) is 0 Å². The summed E-state index contributed by atoms with van der Waals surface area (Å²) >= 11 is 1.86. The largest absolute Gasteiger partial charge is 0.374 e. The molecular weight excluding hydrogens is 300 g/mol. The molecule has 0 spiro atoms. The van der Waals surface area contributed by atoms with Crippen LogP contribution in [0.3, 0.4) is 0 Å². The van der Waals surface area contributed by atoms with Crippen LogP contribution in [0.1, 0.15) is 28.6 Å². The van der Waals surface area contributed by atoms with Crippen molar-refractivity contribution >= 4 is 17.2 Å². The van der Waals surface area contributed by atoms with Gasteiger partial charge in [-0.3, -0.25) is 14.6 Å². The number of nitrogens with zero attached hydrogens (tertiary/aromatic N) is 3. The third kappa shape index (κ3) is 4.49. The van der Waals surface area contributed by atoms with Gasteiger partial charge in [0.05, 0.1) is 24.3 Å². The molecule has 1 amide bonds. The topological polar surface area (TPSA) is 71.7 Å². The molecule has 0 radical (unpaired) electrons. The third-order valence-electron chi connectivity index (χ3n) is 4.04. The van der Waals surface area contributed by atoms with Gasteiger partial charge in [-0.1, -0.05) is 0 Å². The molecule has 22 heavy (non-hydrogen) atoms. The van der Waals surface area contributed by atoms with Crippen LogP contribution in [-0.4, -0.2) is 66.6 Å². The number of ether oxygens (including phenoxy) is 1. The number of morpholine rings is 1. The first kappa shape index (κ1) is 15.9. The van der Waals surface area contributed by atoms with Gasteiger partial charge in [-0.05, 0) is 19.9 Å². The van der Waals surface area contributed by atoms with Crippen molar-refractivity contribution in [3.05, 3.63) is 16.1 Å². The summed E-state index contributed by atoms with van der Waals surface area (Å²) in [7, 11) is 1.90. The summed E-state index contributed by atoms with van der Waals surface area (Å²) in [5.41, 5.74) is 5.22. The van der Waals surface area contributed by atoms with Crippen molar-refractivity contribution in [2.45, 2.75) is 31.4 Å². The third-order valence-corrected chi connectivity index (χ3v) is 5.19. The van der Waals surface area contributed by atoms with Crippen molar-refractivity contribution in [1.29, 1.82) is 0 Å². The van der Waals surface area contributed by atoms with Gasteiger partial charge in [0.1, 0.15) is 0 Å². The molecule has 6 nitrogen and oxygen atoms in total. The number of aromatic nitrogens is 1. The van der Waals surface area contributed by atoms with Gasteiger partial charge in [-0.15, -0.1) is 11.3 Å². The maximum absolute atomic E-state index is 10.9. The molecule has 2 N–H and O–H groups in total. The van der Waals surface area contributed by atoms with Crippen LogP contribution in [0.15, 0.2) is 6.20 Å². The minimum Gasteiger partial charge on any atom is -0.374 e. The predicted octanol–water partition coefficient (Wildman–Crippen LogP) is 0.638. The molecule has 1 aromatic rings. The van der Waals surface area contributed by atoms with E-state index in [9.17, 15) is 4.79 Å². The molecule has 0 aromatic carbocycles. The summed E-state index contributed by atoms with van der Waals surface area (Å²) in [5.74, 6) is 0.436. The van der Waals surface area contributed by atoms with Crippen LogP contribution in [-0.2, 0) is 16.1 Å². The van der Waals surface area contributed by atoms with Crippen molar-refractivity contribution in [2.24, 2.45) is 5.73 Å². The number of carbonyl (C=O) groups excluding carboxylic acids is 1. The van der Waals surface area contributed by atoms with E-state index in [2.05, 4.69) is 9.88 Å². The quantitative estimate of drug-likeness (QED) is 0.797. The van der Waals surface area contributed by atoms with Crippen LogP contribution >= 0.6 is 11.3 Å². The zero-order chi connectivity index (χ0) is 15.5. The summed E-state index contributed by atoms with van der Waals surface area (Å²) in [5, 5.41) is 1.31. The Kier molecular flexibility index (Phi) is 5.07. The van der Waals surface area contributed by atoms with Crippen LogP contribution < -0.4 is 5.73 Å². The maximum Gasteiger partial charge on any atom is 0.231 e. The Hall–Kier alpha value is -1.02. The average molecular weight is 324 g/mol. The van der Waals surface area contributed by atoms with E-state index in [4.69, 9.17) is 10.5 Å². The molecule has 2 aliphatic rings. The minimum absolute atomic E-state index is 0.133. The highest BCUT2D eigenvalue weighted by Gasteiger charge is 2.27. The number of rotatable bonds is 7. The van der Waals surface area contributed by atoms with Gasteiger partial charge in [0.15, 0.2) is 0 Å². The number of carbonyl (C=O) groups is 1. The lowest BCUT2D eigenvalue weighted by Gasteiger charge is -2.34. The van der Waals surface area contributed by atoms with E-state index in [1.807, 2.05) is 29.5 Å². The van der Waals surface area contributed by atoms with Crippen LogP contribution in [0, 0.1) is 0 Å². The fraction of sp³-hybridized carbons (Fsp3) is 0.733. The fourth-order valence-corrected chi connectivity index (χ4v) is 3.98. The first-order valence-corrected chi connectivity index (χ1v) is 8.67. The van der Waals surface area contributed by atoms with Gasteiger partial charge < -0.3 is 10.5 Å². The molecule has 1 saturated carbocycles. The van der Waals surface area contributed by atoms with Gasteiger partial charge in [0.25, 0.3) is 0 Å².